The highest BCUT2D eigenvalue weighted by Crippen LogP contribution is 2.30. The number of hydrogen-bond acceptors (Lipinski definition) is 2. The van der Waals surface area contributed by atoms with Crippen molar-refractivity contribution in [1.29, 1.82) is 0 Å². The van der Waals surface area contributed by atoms with Crippen LogP contribution in [-0.4, -0.2) is 43.0 Å². The van der Waals surface area contributed by atoms with Gasteiger partial charge in [0.25, 0.3) is 0 Å². The molecule has 2 heteroatoms. The third-order valence-electron chi connectivity index (χ3n) is 3.99. The first-order valence-corrected chi connectivity index (χ1v) is 6.26. The van der Waals surface area contributed by atoms with Crippen LogP contribution in [0.5, 0.6) is 0 Å². The van der Waals surface area contributed by atoms with Crippen LogP contribution in [0.25, 0.3) is 0 Å². The van der Waals surface area contributed by atoms with Crippen LogP contribution in [0.4, 0.5) is 0 Å². The Bertz CT molecular complexity index is 335. The highest BCUT2D eigenvalue weighted by atomic mass is 15.2. The second-order valence-electron chi connectivity index (χ2n) is 5.42. The summed E-state index contributed by atoms with van der Waals surface area (Å²) in [5, 5.41) is 0. The standard InChI is InChI=1S/C14H20N2/c1-15-8-13-10-16(11-14(13)9-15)7-12-5-3-2-4-6-12/h2-6,13-14H,7-11H2,1H3/t13-,14-/m1/s1. The largest absolute Gasteiger partial charge is 0.306 e. The zero-order chi connectivity index (χ0) is 11.0. The minimum atomic E-state index is 0.925. The van der Waals surface area contributed by atoms with Gasteiger partial charge in [0.1, 0.15) is 0 Å². The van der Waals surface area contributed by atoms with E-state index in [0.29, 0.717) is 0 Å². The van der Waals surface area contributed by atoms with Crippen molar-refractivity contribution < 1.29 is 0 Å². The molecule has 0 saturated carbocycles. The van der Waals surface area contributed by atoms with E-state index in [0.717, 1.165) is 18.4 Å². The molecule has 16 heavy (non-hydrogen) atoms. The second-order valence-corrected chi connectivity index (χ2v) is 5.42. The molecule has 1 aromatic carbocycles. The molecule has 2 aliphatic rings. The SMILES string of the molecule is CN1C[C@@H]2CN(Cc3ccccc3)C[C@H]2C1. The van der Waals surface area contributed by atoms with Gasteiger partial charge in [-0.3, -0.25) is 4.90 Å². The monoisotopic (exact) mass is 216 g/mol. The van der Waals surface area contributed by atoms with Gasteiger partial charge in [0, 0.05) is 32.7 Å². The molecule has 0 aliphatic carbocycles. The van der Waals surface area contributed by atoms with Gasteiger partial charge in [0.05, 0.1) is 0 Å². The molecule has 2 fully saturated rings. The molecule has 2 nitrogen and oxygen atoms in total. The van der Waals surface area contributed by atoms with Crippen molar-refractivity contribution in [3.8, 4) is 0 Å². The first-order chi connectivity index (χ1) is 7.81. The first-order valence-electron chi connectivity index (χ1n) is 6.26. The number of hydrogen-bond donors (Lipinski definition) is 0. The predicted octanol–water partition coefficient (Wildman–Crippen LogP) is 1.68. The number of fused-ring (bicyclic) bond motifs is 1. The van der Waals surface area contributed by atoms with E-state index in [4.69, 9.17) is 0 Å². The normalized spacial score (nSPS) is 30.8. The number of nitrogens with zero attached hydrogens (tertiary/aromatic N) is 2. The summed E-state index contributed by atoms with van der Waals surface area (Å²) in [5.41, 5.74) is 1.45. The summed E-state index contributed by atoms with van der Waals surface area (Å²) in [6.07, 6.45) is 0. The third-order valence-corrected chi connectivity index (χ3v) is 3.99. The Labute approximate surface area is 97.9 Å². The van der Waals surface area contributed by atoms with Crippen molar-refractivity contribution in [2.24, 2.45) is 11.8 Å². The van der Waals surface area contributed by atoms with Gasteiger partial charge in [-0.25, -0.2) is 0 Å². The second kappa shape index (κ2) is 4.19. The number of likely N-dealkylation sites (tertiary alicyclic amines) is 2. The molecule has 0 unspecified atom stereocenters. The molecule has 2 atom stereocenters. The maximum Gasteiger partial charge on any atom is 0.0233 e. The summed E-state index contributed by atoms with van der Waals surface area (Å²) in [6, 6.07) is 10.8. The minimum absolute atomic E-state index is 0.925. The third kappa shape index (κ3) is 2.00. The Hall–Kier alpha value is -0.860. The predicted molar refractivity (Wildman–Crippen MR) is 66.2 cm³/mol. The van der Waals surface area contributed by atoms with Crippen molar-refractivity contribution in [3.63, 3.8) is 0 Å². The molecule has 86 valence electrons. The van der Waals surface area contributed by atoms with Crippen LogP contribution >= 0.6 is 0 Å². The lowest BCUT2D eigenvalue weighted by molar-refractivity contribution is 0.272. The van der Waals surface area contributed by atoms with Crippen molar-refractivity contribution in [3.05, 3.63) is 35.9 Å². The Morgan fingerprint density at radius 3 is 2.25 bits per heavy atom. The highest BCUT2D eigenvalue weighted by molar-refractivity contribution is 5.14. The fourth-order valence-electron chi connectivity index (χ4n) is 3.30. The van der Waals surface area contributed by atoms with E-state index in [1.807, 2.05) is 0 Å². The van der Waals surface area contributed by atoms with Gasteiger partial charge in [0.2, 0.25) is 0 Å². The molecular formula is C14H20N2. The average molecular weight is 216 g/mol. The number of rotatable bonds is 2. The minimum Gasteiger partial charge on any atom is -0.306 e. The lowest BCUT2D eigenvalue weighted by atomic mass is 10.0. The van der Waals surface area contributed by atoms with Crippen LogP contribution in [0.15, 0.2) is 30.3 Å². The summed E-state index contributed by atoms with van der Waals surface area (Å²) < 4.78 is 0. The molecule has 2 saturated heterocycles. The molecule has 0 bridgehead atoms. The fourth-order valence-corrected chi connectivity index (χ4v) is 3.30. The zero-order valence-electron chi connectivity index (χ0n) is 9.97. The lowest BCUT2D eigenvalue weighted by Crippen LogP contribution is -2.26. The van der Waals surface area contributed by atoms with Gasteiger partial charge >= 0.3 is 0 Å². The topological polar surface area (TPSA) is 6.48 Å². The van der Waals surface area contributed by atoms with Crippen molar-refractivity contribution in [2.45, 2.75) is 6.54 Å². The van der Waals surface area contributed by atoms with E-state index in [1.165, 1.54) is 31.7 Å². The molecule has 0 aromatic heterocycles. The average Bonchev–Trinajstić information content (AvgIpc) is 2.76. The van der Waals surface area contributed by atoms with Crippen molar-refractivity contribution in [1.82, 2.24) is 9.80 Å². The Kier molecular flexibility index (Phi) is 2.70. The van der Waals surface area contributed by atoms with Crippen molar-refractivity contribution in [2.75, 3.05) is 33.2 Å². The summed E-state index contributed by atoms with van der Waals surface area (Å²) in [6.45, 7) is 6.33. The molecule has 0 spiro atoms. The van der Waals surface area contributed by atoms with Crippen LogP contribution in [0.2, 0.25) is 0 Å². The summed E-state index contributed by atoms with van der Waals surface area (Å²) in [5.74, 6) is 1.85. The van der Waals surface area contributed by atoms with Crippen LogP contribution in [0.3, 0.4) is 0 Å². The highest BCUT2D eigenvalue weighted by Gasteiger charge is 2.38. The molecule has 2 heterocycles. The molecule has 0 N–H and O–H groups in total. The smallest absolute Gasteiger partial charge is 0.0233 e. The van der Waals surface area contributed by atoms with Crippen LogP contribution in [0.1, 0.15) is 5.56 Å². The van der Waals surface area contributed by atoms with Gasteiger partial charge in [-0.2, -0.15) is 0 Å². The van der Waals surface area contributed by atoms with E-state index in [-0.39, 0.29) is 0 Å². The summed E-state index contributed by atoms with van der Waals surface area (Å²) in [7, 11) is 2.25. The summed E-state index contributed by atoms with van der Waals surface area (Å²) >= 11 is 0. The Balaban J connectivity index is 1.60. The van der Waals surface area contributed by atoms with Crippen LogP contribution in [-0.2, 0) is 6.54 Å². The number of benzene rings is 1. The van der Waals surface area contributed by atoms with E-state index in [2.05, 4.69) is 47.2 Å². The van der Waals surface area contributed by atoms with E-state index in [1.54, 1.807) is 0 Å². The van der Waals surface area contributed by atoms with Gasteiger partial charge in [-0.1, -0.05) is 30.3 Å². The first kappa shape index (κ1) is 10.3. The molecular weight excluding hydrogens is 196 g/mol. The zero-order valence-corrected chi connectivity index (χ0v) is 9.97. The van der Waals surface area contributed by atoms with E-state index in [9.17, 15) is 0 Å². The van der Waals surface area contributed by atoms with Gasteiger partial charge in [-0.05, 0) is 24.4 Å². The van der Waals surface area contributed by atoms with E-state index < -0.39 is 0 Å². The van der Waals surface area contributed by atoms with Crippen molar-refractivity contribution >= 4 is 0 Å². The van der Waals surface area contributed by atoms with Crippen LogP contribution in [0, 0.1) is 11.8 Å². The van der Waals surface area contributed by atoms with Gasteiger partial charge < -0.3 is 4.90 Å². The molecule has 2 aliphatic heterocycles. The lowest BCUT2D eigenvalue weighted by Gasteiger charge is -2.18. The van der Waals surface area contributed by atoms with E-state index >= 15 is 0 Å². The molecule has 3 rings (SSSR count). The molecule has 0 amide bonds. The fraction of sp³-hybridized carbons (Fsp3) is 0.571. The Morgan fingerprint density at radius 2 is 1.62 bits per heavy atom. The maximum atomic E-state index is 2.62. The Morgan fingerprint density at radius 1 is 1.00 bits per heavy atom. The van der Waals surface area contributed by atoms with Gasteiger partial charge in [0.15, 0.2) is 0 Å². The van der Waals surface area contributed by atoms with Crippen LogP contribution < -0.4 is 0 Å². The quantitative estimate of drug-likeness (QED) is 0.742. The molecule has 0 radical (unpaired) electrons. The van der Waals surface area contributed by atoms with Gasteiger partial charge in [-0.15, -0.1) is 0 Å². The molecule has 1 aromatic rings. The maximum absolute atomic E-state index is 2.62. The summed E-state index contributed by atoms with van der Waals surface area (Å²) in [4.78, 5) is 5.10.